The molecule has 2 heteroatoms. The molecule has 1 amide bonds. The van der Waals surface area contributed by atoms with E-state index in [2.05, 4.69) is 45.7 Å². The van der Waals surface area contributed by atoms with Crippen LogP contribution in [0.2, 0.25) is 0 Å². The van der Waals surface area contributed by atoms with Gasteiger partial charge < -0.3 is 5.32 Å². The Labute approximate surface area is 92.4 Å². The zero-order valence-electron chi connectivity index (χ0n) is 10.1. The van der Waals surface area contributed by atoms with Gasteiger partial charge in [-0.1, -0.05) is 31.6 Å². The molecule has 0 saturated heterocycles. The van der Waals surface area contributed by atoms with E-state index in [1.165, 1.54) is 5.57 Å². The third kappa shape index (κ3) is 2.49. The van der Waals surface area contributed by atoms with E-state index in [-0.39, 0.29) is 17.2 Å². The summed E-state index contributed by atoms with van der Waals surface area (Å²) in [6.45, 7) is 12.6. The van der Waals surface area contributed by atoms with Crippen LogP contribution in [0.1, 0.15) is 27.7 Å². The minimum absolute atomic E-state index is 0.114. The molecule has 0 aromatic rings. The number of nitrogens with one attached hydrogen (secondary N) is 1. The Kier molecular flexibility index (Phi) is 3.38. The van der Waals surface area contributed by atoms with Gasteiger partial charge in [0, 0.05) is 6.54 Å². The van der Waals surface area contributed by atoms with Gasteiger partial charge in [-0.2, -0.15) is 0 Å². The van der Waals surface area contributed by atoms with Crippen LogP contribution in [0, 0.1) is 17.3 Å². The molecule has 1 saturated carbocycles. The molecule has 0 unspecified atom stereocenters. The Bertz CT molecular complexity index is 298. The van der Waals surface area contributed by atoms with Gasteiger partial charge in [-0.25, -0.2) is 0 Å². The van der Waals surface area contributed by atoms with Crippen molar-refractivity contribution in [2.24, 2.45) is 17.3 Å². The van der Waals surface area contributed by atoms with Crippen LogP contribution < -0.4 is 5.32 Å². The first-order valence-corrected chi connectivity index (χ1v) is 5.45. The van der Waals surface area contributed by atoms with E-state index in [4.69, 9.17) is 0 Å². The first-order valence-electron chi connectivity index (χ1n) is 5.45. The van der Waals surface area contributed by atoms with Gasteiger partial charge in [-0.3, -0.25) is 4.79 Å². The van der Waals surface area contributed by atoms with Crippen molar-refractivity contribution in [3.63, 3.8) is 0 Å². The minimum atomic E-state index is 0.114. The summed E-state index contributed by atoms with van der Waals surface area (Å²) < 4.78 is 0. The van der Waals surface area contributed by atoms with Gasteiger partial charge in [0.15, 0.2) is 0 Å². The van der Waals surface area contributed by atoms with Gasteiger partial charge in [0.05, 0.1) is 5.92 Å². The fourth-order valence-electron chi connectivity index (χ4n) is 2.13. The summed E-state index contributed by atoms with van der Waals surface area (Å²) >= 11 is 0. The highest BCUT2D eigenvalue weighted by Crippen LogP contribution is 2.59. The zero-order valence-corrected chi connectivity index (χ0v) is 10.1. The summed E-state index contributed by atoms with van der Waals surface area (Å²) in [5.74, 6) is 0.682. The largest absolute Gasteiger partial charge is 0.352 e. The SMILES string of the molecule is C=CCNC(=O)[C@@H]1[C@H](C=C(C)C)C1(C)C. The van der Waals surface area contributed by atoms with Crippen LogP contribution >= 0.6 is 0 Å². The van der Waals surface area contributed by atoms with E-state index in [0.717, 1.165) is 0 Å². The molecule has 0 heterocycles. The van der Waals surface area contributed by atoms with Crippen molar-refractivity contribution in [2.45, 2.75) is 27.7 Å². The van der Waals surface area contributed by atoms with Crippen molar-refractivity contribution in [3.05, 3.63) is 24.3 Å². The van der Waals surface area contributed by atoms with Crippen molar-refractivity contribution < 1.29 is 4.79 Å². The van der Waals surface area contributed by atoms with E-state index in [0.29, 0.717) is 12.5 Å². The molecule has 0 radical (unpaired) electrons. The molecule has 0 aromatic carbocycles. The molecule has 0 bridgehead atoms. The Balaban J connectivity index is 2.61. The van der Waals surface area contributed by atoms with E-state index < -0.39 is 0 Å². The third-order valence-corrected chi connectivity index (χ3v) is 3.13. The zero-order chi connectivity index (χ0) is 11.6. The lowest BCUT2D eigenvalue weighted by Gasteiger charge is -2.02. The monoisotopic (exact) mass is 207 g/mol. The van der Waals surface area contributed by atoms with Crippen LogP contribution in [-0.2, 0) is 4.79 Å². The van der Waals surface area contributed by atoms with Gasteiger partial charge in [-0.15, -0.1) is 6.58 Å². The number of hydrogen-bond acceptors (Lipinski definition) is 1. The van der Waals surface area contributed by atoms with Crippen molar-refractivity contribution >= 4 is 5.91 Å². The van der Waals surface area contributed by atoms with E-state index >= 15 is 0 Å². The quantitative estimate of drug-likeness (QED) is 0.705. The molecule has 1 rings (SSSR count). The van der Waals surface area contributed by atoms with Crippen LogP contribution in [0.5, 0.6) is 0 Å². The molecule has 1 aliphatic rings. The standard InChI is InChI=1S/C13H21NO/c1-6-7-14-12(15)11-10(8-9(2)3)13(11,4)5/h6,8,10-11H,1,7H2,2-5H3,(H,14,15)/t10-,11-/m0/s1. The second kappa shape index (κ2) is 4.21. The van der Waals surface area contributed by atoms with Crippen molar-refractivity contribution in [3.8, 4) is 0 Å². The smallest absolute Gasteiger partial charge is 0.224 e. The van der Waals surface area contributed by atoms with Crippen molar-refractivity contribution in [2.75, 3.05) is 6.54 Å². The molecule has 15 heavy (non-hydrogen) atoms. The molecule has 84 valence electrons. The first kappa shape index (κ1) is 12.0. The number of amides is 1. The highest BCUT2D eigenvalue weighted by Gasteiger charge is 2.60. The van der Waals surface area contributed by atoms with Gasteiger partial charge in [0.2, 0.25) is 5.91 Å². The maximum absolute atomic E-state index is 11.8. The predicted octanol–water partition coefficient (Wildman–Crippen LogP) is 2.53. The lowest BCUT2D eigenvalue weighted by molar-refractivity contribution is -0.122. The first-order chi connectivity index (χ1) is 6.91. The Morgan fingerprint density at radius 3 is 2.53 bits per heavy atom. The lowest BCUT2D eigenvalue weighted by atomic mass is 10.1. The van der Waals surface area contributed by atoms with Gasteiger partial charge in [0.25, 0.3) is 0 Å². The number of hydrogen-bond donors (Lipinski definition) is 1. The second-order valence-electron chi connectivity index (χ2n) is 5.10. The van der Waals surface area contributed by atoms with Crippen LogP contribution in [0.15, 0.2) is 24.3 Å². The summed E-state index contributed by atoms with van der Waals surface area (Å²) in [5, 5.41) is 2.87. The van der Waals surface area contributed by atoms with E-state index in [1.807, 2.05) is 0 Å². The maximum Gasteiger partial charge on any atom is 0.224 e. The van der Waals surface area contributed by atoms with Crippen LogP contribution in [0.25, 0.3) is 0 Å². The number of carbonyl (C=O) groups excluding carboxylic acids is 1. The molecule has 1 N–H and O–H groups in total. The fourth-order valence-corrected chi connectivity index (χ4v) is 2.13. The molecular formula is C13H21NO. The summed E-state index contributed by atoms with van der Waals surface area (Å²) in [7, 11) is 0. The van der Waals surface area contributed by atoms with E-state index in [1.54, 1.807) is 6.08 Å². The van der Waals surface area contributed by atoms with Crippen molar-refractivity contribution in [1.29, 1.82) is 0 Å². The predicted molar refractivity (Wildman–Crippen MR) is 63.4 cm³/mol. The molecule has 0 spiro atoms. The Morgan fingerprint density at radius 1 is 1.47 bits per heavy atom. The summed E-state index contributed by atoms with van der Waals surface area (Å²) in [5.41, 5.74) is 1.40. The fraction of sp³-hybridized carbons (Fsp3) is 0.615. The average Bonchev–Trinajstić information content (AvgIpc) is 2.63. The van der Waals surface area contributed by atoms with Crippen LogP contribution in [-0.4, -0.2) is 12.5 Å². The maximum atomic E-state index is 11.8. The summed E-state index contributed by atoms with van der Waals surface area (Å²) in [6, 6.07) is 0. The van der Waals surface area contributed by atoms with Gasteiger partial charge >= 0.3 is 0 Å². The highest BCUT2D eigenvalue weighted by molar-refractivity contribution is 5.83. The van der Waals surface area contributed by atoms with E-state index in [9.17, 15) is 4.79 Å². The second-order valence-corrected chi connectivity index (χ2v) is 5.10. The van der Waals surface area contributed by atoms with Gasteiger partial charge in [-0.05, 0) is 25.2 Å². The highest BCUT2D eigenvalue weighted by atomic mass is 16.2. The number of rotatable bonds is 4. The summed E-state index contributed by atoms with van der Waals surface area (Å²) in [4.78, 5) is 11.8. The molecular weight excluding hydrogens is 186 g/mol. The third-order valence-electron chi connectivity index (χ3n) is 3.13. The van der Waals surface area contributed by atoms with Crippen molar-refractivity contribution in [1.82, 2.24) is 5.32 Å². The Hall–Kier alpha value is -1.05. The molecule has 1 fully saturated rings. The van der Waals surface area contributed by atoms with Crippen LogP contribution in [0.3, 0.4) is 0 Å². The summed E-state index contributed by atoms with van der Waals surface area (Å²) in [6.07, 6.45) is 3.92. The normalized spacial score (nSPS) is 26.7. The minimum Gasteiger partial charge on any atom is -0.352 e. The number of allylic oxidation sites excluding steroid dienone is 2. The molecule has 2 nitrogen and oxygen atoms in total. The molecule has 0 aliphatic heterocycles. The molecule has 1 aliphatic carbocycles. The Morgan fingerprint density at radius 2 is 2.07 bits per heavy atom. The topological polar surface area (TPSA) is 29.1 Å². The molecule has 2 atom stereocenters. The molecule has 0 aromatic heterocycles. The van der Waals surface area contributed by atoms with Gasteiger partial charge in [0.1, 0.15) is 0 Å². The number of carbonyl (C=O) groups is 1. The van der Waals surface area contributed by atoms with Crippen LogP contribution in [0.4, 0.5) is 0 Å². The average molecular weight is 207 g/mol. The lowest BCUT2D eigenvalue weighted by Crippen LogP contribution is -2.26.